The van der Waals surface area contributed by atoms with Gasteiger partial charge in [0.2, 0.25) is 0 Å². The number of pyridine rings is 1. The van der Waals surface area contributed by atoms with Crippen LogP contribution in [-0.2, 0) is 0 Å². The van der Waals surface area contributed by atoms with Crippen molar-refractivity contribution in [3.63, 3.8) is 0 Å². The van der Waals surface area contributed by atoms with E-state index in [9.17, 15) is 4.79 Å². The first-order valence-electron chi connectivity index (χ1n) is 7.67. The zero-order chi connectivity index (χ0) is 17.2. The first kappa shape index (κ1) is 15.4. The zero-order valence-electron chi connectivity index (χ0n) is 13.0. The van der Waals surface area contributed by atoms with E-state index in [2.05, 4.69) is 20.3 Å². The van der Waals surface area contributed by atoms with Gasteiger partial charge in [0.05, 0.1) is 5.39 Å². The fourth-order valence-electron chi connectivity index (χ4n) is 2.64. The summed E-state index contributed by atoms with van der Waals surface area (Å²) in [5.41, 5.74) is 2.92. The molecule has 0 spiro atoms. The summed E-state index contributed by atoms with van der Waals surface area (Å²) in [6.45, 7) is 0. The smallest absolute Gasteiger partial charge is 0.341 e. The number of nitrogens with one attached hydrogen (secondary N) is 2. The molecule has 0 radical (unpaired) electrons. The van der Waals surface area contributed by atoms with E-state index in [1.54, 1.807) is 12.3 Å². The summed E-state index contributed by atoms with van der Waals surface area (Å²) in [4.78, 5) is 22.4. The Kier molecular flexibility index (Phi) is 3.91. The third-order valence-electron chi connectivity index (χ3n) is 3.81. The monoisotopic (exact) mass is 348 g/mol. The Balaban J connectivity index is 1.67. The maximum absolute atomic E-state index is 11.7. The first-order chi connectivity index (χ1) is 12.2. The van der Waals surface area contributed by atoms with Gasteiger partial charge in [-0.25, -0.2) is 9.78 Å². The third kappa shape index (κ3) is 3.22. The van der Waals surface area contributed by atoms with Crippen LogP contribution in [0.5, 0.6) is 0 Å². The Morgan fingerprint density at radius 2 is 1.80 bits per heavy atom. The van der Waals surface area contributed by atoms with Crippen molar-refractivity contribution in [1.82, 2.24) is 15.0 Å². The molecule has 0 saturated heterocycles. The lowest BCUT2D eigenvalue weighted by molar-refractivity contribution is 1.10. The molecule has 0 bridgehead atoms. The highest BCUT2D eigenvalue weighted by molar-refractivity contribution is 6.30. The lowest BCUT2D eigenvalue weighted by Crippen LogP contribution is -2.13. The number of benzene rings is 2. The molecule has 2 N–H and O–H groups in total. The number of fused-ring (bicyclic) bond motifs is 1. The number of hydrogen-bond acceptors (Lipinski definition) is 4. The van der Waals surface area contributed by atoms with Gasteiger partial charge in [-0.3, -0.25) is 4.98 Å². The molecule has 0 unspecified atom stereocenters. The first-order valence-corrected chi connectivity index (χ1v) is 8.05. The average molecular weight is 349 g/mol. The van der Waals surface area contributed by atoms with Crippen molar-refractivity contribution in [3.8, 4) is 11.1 Å². The van der Waals surface area contributed by atoms with E-state index in [4.69, 9.17) is 11.6 Å². The normalized spacial score (nSPS) is 10.8. The second-order valence-electron chi connectivity index (χ2n) is 5.50. The van der Waals surface area contributed by atoms with Crippen molar-refractivity contribution in [2.45, 2.75) is 0 Å². The van der Waals surface area contributed by atoms with E-state index >= 15 is 0 Å². The van der Waals surface area contributed by atoms with Gasteiger partial charge >= 0.3 is 5.69 Å². The number of anilines is 2. The summed E-state index contributed by atoms with van der Waals surface area (Å²) < 4.78 is 0. The number of aromatic amines is 1. The van der Waals surface area contributed by atoms with Crippen LogP contribution in [0.2, 0.25) is 5.02 Å². The molecule has 4 rings (SSSR count). The second-order valence-corrected chi connectivity index (χ2v) is 5.94. The predicted molar refractivity (Wildman–Crippen MR) is 100 cm³/mol. The molecule has 2 aromatic carbocycles. The lowest BCUT2D eigenvalue weighted by Gasteiger charge is -2.09. The SMILES string of the molecule is O=c1nc2ncccc2c(Nc2ccc(-c3cccc(Cl)c3)cc2)[nH]1. The molecular formula is C19H13ClN4O. The van der Waals surface area contributed by atoms with Crippen molar-refractivity contribution in [3.05, 3.63) is 82.4 Å². The topological polar surface area (TPSA) is 70.7 Å². The fourth-order valence-corrected chi connectivity index (χ4v) is 2.83. The predicted octanol–water partition coefficient (Wildman–Crippen LogP) is 4.38. The Labute approximate surface area is 148 Å². The summed E-state index contributed by atoms with van der Waals surface area (Å²) in [6.07, 6.45) is 1.61. The van der Waals surface area contributed by atoms with Crippen molar-refractivity contribution in [2.24, 2.45) is 0 Å². The van der Waals surface area contributed by atoms with E-state index < -0.39 is 5.69 Å². The van der Waals surface area contributed by atoms with E-state index in [1.165, 1.54) is 0 Å². The number of halogens is 1. The number of rotatable bonds is 3. The molecule has 0 aliphatic heterocycles. The molecule has 0 fully saturated rings. The van der Waals surface area contributed by atoms with Gasteiger partial charge in [-0.05, 0) is 47.5 Å². The maximum atomic E-state index is 11.7. The van der Waals surface area contributed by atoms with E-state index in [0.29, 0.717) is 16.5 Å². The van der Waals surface area contributed by atoms with Gasteiger partial charge in [-0.15, -0.1) is 0 Å². The van der Waals surface area contributed by atoms with Gasteiger partial charge < -0.3 is 5.32 Å². The molecule has 2 heterocycles. The minimum absolute atomic E-state index is 0.407. The summed E-state index contributed by atoms with van der Waals surface area (Å²) in [7, 11) is 0. The van der Waals surface area contributed by atoms with Crippen LogP contribution in [0.15, 0.2) is 71.7 Å². The number of H-pyrrole nitrogens is 1. The van der Waals surface area contributed by atoms with Crippen LogP contribution < -0.4 is 11.0 Å². The van der Waals surface area contributed by atoms with Crippen LogP contribution in [-0.4, -0.2) is 15.0 Å². The Morgan fingerprint density at radius 1 is 0.960 bits per heavy atom. The van der Waals surface area contributed by atoms with Gasteiger partial charge in [-0.1, -0.05) is 35.9 Å². The molecule has 0 amide bonds. The number of nitrogens with zero attached hydrogens (tertiary/aromatic N) is 2. The van der Waals surface area contributed by atoms with Crippen molar-refractivity contribution in [1.29, 1.82) is 0 Å². The van der Waals surface area contributed by atoms with Crippen molar-refractivity contribution < 1.29 is 0 Å². The molecule has 5 nitrogen and oxygen atoms in total. The Morgan fingerprint density at radius 3 is 2.60 bits per heavy atom. The van der Waals surface area contributed by atoms with Crippen LogP contribution in [0, 0.1) is 0 Å². The molecule has 0 aliphatic rings. The summed E-state index contributed by atoms with van der Waals surface area (Å²) in [6, 6.07) is 19.2. The van der Waals surface area contributed by atoms with Crippen LogP contribution >= 0.6 is 11.6 Å². The molecule has 0 saturated carbocycles. The summed E-state index contributed by atoms with van der Waals surface area (Å²) >= 11 is 6.05. The van der Waals surface area contributed by atoms with Gasteiger partial charge in [0.25, 0.3) is 0 Å². The molecule has 25 heavy (non-hydrogen) atoms. The number of hydrogen-bond donors (Lipinski definition) is 2. The van der Waals surface area contributed by atoms with Crippen LogP contribution in [0.4, 0.5) is 11.5 Å². The largest absolute Gasteiger partial charge is 0.348 e. The van der Waals surface area contributed by atoms with Crippen LogP contribution in [0.25, 0.3) is 22.2 Å². The van der Waals surface area contributed by atoms with E-state index in [-0.39, 0.29) is 0 Å². The minimum Gasteiger partial charge on any atom is -0.341 e. The highest BCUT2D eigenvalue weighted by Crippen LogP contribution is 2.26. The molecule has 122 valence electrons. The highest BCUT2D eigenvalue weighted by atomic mass is 35.5. The minimum atomic E-state index is -0.441. The Hall–Kier alpha value is -3.18. The van der Waals surface area contributed by atoms with Crippen molar-refractivity contribution >= 4 is 34.1 Å². The quantitative estimate of drug-likeness (QED) is 0.576. The highest BCUT2D eigenvalue weighted by Gasteiger charge is 2.06. The molecule has 0 atom stereocenters. The molecular weight excluding hydrogens is 336 g/mol. The van der Waals surface area contributed by atoms with Gasteiger partial charge in [-0.2, -0.15) is 4.98 Å². The Bertz CT molecular complexity index is 1110. The molecule has 6 heteroatoms. The van der Waals surface area contributed by atoms with Crippen LogP contribution in [0.3, 0.4) is 0 Å². The van der Waals surface area contributed by atoms with E-state index in [1.807, 2.05) is 54.6 Å². The van der Waals surface area contributed by atoms with E-state index in [0.717, 1.165) is 22.2 Å². The third-order valence-corrected chi connectivity index (χ3v) is 4.04. The fraction of sp³-hybridized carbons (Fsp3) is 0. The zero-order valence-corrected chi connectivity index (χ0v) is 13.8. The van der Waals surface area contributed by atoms with Gasteiger partial charge in [0, 0.05) is 16.9 Å². The van der Waals surface area contributed by atoms with Crippen molar-refractivity contribution in [2.75, 3.05) is 5.32 Å². The number of aromatic nitrogens is 3. The van der Waals surface area contributed by atoms with Gasteiger partial charge in [0.15, 0.2) is 5.65 Å². The maximum Gasteiger partial charge on any atom is 0.348 e. The lowest BCUT2D eigenvalue weighted by atomic mass is 10.1. The molecule has 0 aliphatic carbocycles. The average Bonchev–Trinajstić information content (AvgIpc) is 2.62. The standard InChI is InChI=1S/C19H13ClN4O/c20-14-4-1-3-13(11-14)12-6-8-15(9-7-12)22-18-16-5-2-10-21-17(16)23-19(25)24-18/h1-11H,(H2,21,22,23,24,25). The van der Waals surface area contributed by atoms with Crippen LogP contribution in [0.1, 0.15) is 0 Å². The van der Waals surface area contributed by atoms with Gasteiger partial charge in [0.1, 0.15) is 5.82 Å². The molecule has 2 aromatic heterocycles. The summed E-state index contributed by atoms with van der Waals surface area (Å²) in [5, 5.41) is 4.67. The molecule has 4 aromatic rings. The summed E-state index contributed by atoms with van der Waals surface area (Å²) in [5.74, 6) is 0.568. The second kappa shape index (κ2) is 6.37.